The molecule has 3 aromatic rings. The second-order valence-electron chi connectivity index (χ2n) is 8.23. The zero-order valence-corrected chi connectivity index (χ0v) is 20.5. The first-order valence-electron chi connectivity index (χ1n) is 10.8. The smallest absolute Gasteiger partial charge is 0.351 e. The van der Waals surface area contributed by atoms with Gasteiger partial charge in [-0.05, 0) is 48.7 Å². The number of nitrogens with zero attached hydrogens (tertiary/aromatic N) is 1. The largest absolute Gasteiger partial charge is 0.433 e. The molecule has 2 N–H and O–H groups in total. The van der Waals surface area contributed by atoms with Crippen LogP contribution in [0.4, 0.5) is 22.0 Å². The maximum Gasteiger partial charge on any atom is 0.433 e. The fourth-order valence-corrected chi connectivity index (χ4v) is 3.78. The molecule has 36 heavy (non-hydrogen) atoms. The van der Waals surface area contributed by atoms with Crippen LogP contribution in [0.3, 0.4) is 0 Å². The molecule has 0 spiro atoms. The highest BCUT2D eigenvalue weighted by Gasteiger charge is 2.33. The molecule has 11 heteroatoms. The Morgan fingerprint density at radius 1 is 1.00 bits per heavy atom. The van der Waals surface area contributed by atoms with Gasteiger partial charge < -0.3 is 5.32 Å². The third kappa shape index (κ3) is 6.73. The molecule has 1 heterocycles. The molecule has 5 nitrogen and oxygen atoms in total. The monoisotopic (exact) mass is 525 g/mol. The van der Waals surface area contributed by atoms with Gasteiger partial charge in [0.25, 0.3) is 0 Å². The minimum atomic E-state index is -4.70. The Kier molecular flexibility index (Phi) is 8.57. The topological polar surface area (TPSA) is 71.1 Å². The number of hydrogen-bond donors (Lipinski definition) is 2. The molecule has 2 unspecified atom stereocenters. The van der Waals surface area contributed by atoms with Crippen LogP contribution in [-0.4, -0.2) is 21.4 Å². The molecular formula is C25H24F5N3O2S. The number of pyridine rings is 1. The Morgan fingerprint density at radius 2 is 1.69 bits per heavy atom. The van der Waals surface area contributed by atoms with E-state index in [1.54, 1.807) is 13.0 Å². The third-order valence-electron chi connectivity index (χ3n) is 5.60. The van der Waals surface area contributed by atoms with Gasteiger partial charge in [-0.2, -0.15) is 13.2 Å². The molecule has 2 atom stereocenters. The molecule has 0 aliphatic carbocycles. The molecule has 0 saturated heterocycles. The molecule has 0 bridgehead atoms. The summed E-state index contributed by atoms with van der Waals surface area (Å²) in [5, 5.41) is 2.64. The molecule has 1 aromatic heterocycles. The number of carbonyl (C=O) groups excluding carboxylic acids is 1. The zero-order chi connectivity index (χ0) is 26.6. The Morgan fingerprint density at radius 3 is 2.31 bits per heavy atom. The van der Waals surface area contributed by atoms with Gasteiger partial charge in [-0.1, -0.05) is 30.3 Å². The van der Waals surface area contributed by atoms with Gasteiger partial charge in [0.15, 0.2) is 0 Å². The highest BCUT2D eigenvalue weighted by atomic mass is 32.2. The van der Waals surface area contributed by atoms with Crippen LogP contribution < -0.4 is 10.0 Å². The highest BCUT2D eigenvalue weighted by molar-refractivity contribution is 7.82. The fraction of sp³-hybridized carbons (Fsp3) is 0.280. The predicted octanol–water partition coefficient (Wildman–Crippen LogP) is 5.16. The molecule has 192 valence electrons. The summed E-state index contributed by atoms with van der Waals surface area (Å²) in [6.45, 7) is 2.97. The van der Waals surface area contributed by atoms with Crippen molar-refractivity contribution in [2.24, 2.45) is 0 Å². The molecule has 2 aromatic carbocycles. The van der Waals surface area contributed by atoms with E-state index in [0.717, 1.165) is 12.1 Å². The Labute approximate surface area is 207 Å². The Balaban J connectivity index is 1.81. The van der Waals surface area contributed by atoms with Gasteiger partial charge in [-0.3, -0.25) is 4.79 Å². The van der Waals surface area contributed by atoms with Crippen molar-refractivity contribution in [3.05, 3.63) is 88.1 Å². The predicted molar refractivity (Wildman–Crippen MR) is 127 cm³/mol. The van der Waals surface area contributed by atoms with Crippen molar-refractivity contribution in [1.82, 2.24) is 15.0 Å². The SMILES string of the molecule is Cc1ccc(-c2nc(C(F)(F)F)ccc2CNC(=O)C(C)c2ccc(CNS(C)=O)c(F)c2)cc1F. The van der Waals surface area contributed by atoms with E-state index in [9.17, 15) is 31.0 Å². The van der Waals surface area contributed by atoms with E-state index < -0.39 is 46.3 Å². The second-order valence-corrected chi connectivity index (χ2v) is 9.43. The second kappa shape index (κ2) is 11.3. The summed E-state index contributed by atoms with van der Waals surface area (Å²) >= 11 is 0. The fourth-order valence-electron chi connectivity index (χ4n) is 3.42. The average molecular weight is 526 g/mol. The summed E-state index contributed by atoms with van der Waals surface area (Å²) in [4.78, 5) is 16.5. The summed E-state index contributed by atoms with van der Waals surface area (Å²) in [5.41, 5.74) is 0.149. The molecule has 0 fully saturated rings. The van der Waals surface area contributed by atoms with Crippen molar-refractivity contribution >= 4 is 16.9 Å². The summed E-state index contributed by atoms with van der Waals surface area (Å²) in [6, 6.07) is 10.2. The lowest BCUT2D eigenvalue weighted by Gasteiger charge is -2.16. The number of aryl methyl sites for hydroxylation is 1. The maximum atomic E-state index is 14.4. The van der Waals surface area contributed by atoms with Gasteiger partial charge in [0.05, 0.1) is 22.6 Å². The lowest BCUT2D eigenvalue weighted by molar-refractivity contribution is -0.141. The Hall–Kier alpha value is -3.18. The summed E-state index contributed by atoms with van der Waals surface area (Å²) in [7, 11) is -1.31. The van der Waals surface area contributed by atoms with Crippen LogP contribution in [0, 0.1) is 18.6 Å². The lowest BCUT2D eigenvalue weighted by Crippen LogP contribution is -2.28. The van der Waals surface area contributed by atoms with Crippen LogP contribution in [0.5, 0.6) is 0 Å². The van der Waals surface area contributed by atoms with Gasteiger partial charge in [-0.15, -0.1) is 0 Å². The van der Waals surface area contributed by atoms with Gasteiger partial charge in [0.1, 0.15) is 17.3 Å². The molecule has 0 aliphatic heterocycles. The number of benzene rings is 2. The first kappa shape index (κ1) is 27.4. The number of rotatable bonds is 8. The van der Waals surface area contributed by atoms with Crippen molar-refractivity contribution in [3.8, 4) is 11.3 Å². The number of hydrogen-bond acceptors (Lipinski definition) is 3. The van der Waals surface area contributed by atoms with E-state index in [1.165, 1.54) is 43.5 Å². The quantitative estimate of drug-likeness (QED) is 0.400. The summed E-state index contributed by atoms with van der Waals surface area (Å²) < 4.78 is 82.1. The third-order valence-corrected chi connectivity index (χ3v) is 6.15. The number of carbonyl (C=O) groups is 1. The lowest BCUT2D eigenvalue weighted by atomic mass is 9.98. The van der Waals surface area contributed by atoms with Crippen LogP contribution in [0.25, 0.3) is 11.3 Å². The minimum Gasteiger partial charge on any atom is -0.351 e. The number of nitrogens with one attached hydrogen (secondary N) is 2. The van der Waals surface area contributed by atoms with Gasteiger partial charge >= 0.3 is 6.18 Å². The van der Waals surface area contributed by atoms with Crippen LogP contribution >= 0.6 is 0 Å². The van der Waals surface area contributed by atoms with Crippen LogP contribution in [0.1, 0.15) is 40.8 Å². The zero-order valence-electron chi connectivity index (χ0n) is 19.7. The normalized spacial score (nSPS) is 13.3. The maximum absolute atomic E-state index is 14.4. The first-order chi connectivity index (χ1) is 16.9. The van der Waals surface area contributed by atoms with E-state index in [-0.39, 0.29) is 35.5 Å². The highest BCUT2D eigenvalue weighted by Crippen LogP contribution is 2.32. The molecule has 0 saturated carbocycles. The molecule has 3 rings (SSSR count). The van der Waals surface area contributed by atoms with E-state index in [2.05, 4.69) is 15.0 Å². The molecule has 0 aliphatic rings. The average Bonchev–Trinajstić information content (AvgIpc) is 2.82. The number of alkyl halides is 3. The van der Waals surface area contributed by atoms with Crippen molar-refractivity contribution in [1.29, 1.82) is 0 Å². The van der Waals surface area contributed by atoms with Crippen LogP contribution in [-0.2, 0) is 35.0 Å². The van der Waals surface area contributed by atoms with Gasteiger partial charge in [0, 0.05) is 30.5 Å². The molecular weight excluding hydrogens is 501 g/mol. The summed E-state index contributed by atoms with van der Waals surface area (Å²) in [5.74, 6) is -2.43. The number of halogens is 5. The summed E-state index contributed by atoms with van der Waals surface area (Å²) in [6.07, 6.45) is -3.28. The van der Waals surface area contributed by atoms with E-state index in [4.69, 9.17) is 0 Å². The van der Waals surface area contributed by atoms with E-state index >= 15 is 0 Å². The van der Waals surface area contributed by atoms with Crippen molar-refractivity contribution in [2.45, 2.75) is 39.0 Å². The molecule has 0 radical (unpaired) electrons. The molecule has 1 amide bonds. The van der Waals surface area contributed by atoms with Crippen LogP contribution in [0.2, 0.25) is 0 Å². The van der Waals surface area contributed by atoms with Gasteiger partial charge in [0.2, 0.25) is 5.91 Å². The van der Waals surface area contributed by atoms with E-state index in [1.807, 2.05) is 0 Å². The number of aromatic nitrogens is 1. The van der Waals surface area contributed by atoms with Crippen LogP contribution in [0.15, 0.2) is 48.5 Å². The number of amides is 1. The van der Waals surface area contributed by atoms with Crippen molar-refractivity contribution in [2.75, 3.05) is 6.26 Å². The van der Waals surface area contributed by atoms with E-state index in [0.29, 0.717) is 11.1 Å². The van der Waals surface area contributed by atoms with Crippen molar-refractivity contribution in [3.63, 3.8) is 0 Å². The minimum absolute atomic E-state index is 0.0547. The standard InChI is InChI=1S/C25H24F5N3O2S/c1-14-4-5-17(11-20(14)26)23-19(8-9-22(33-23)25(28,29)30)12-31-24(34)15(2)16-6-7-18(21(27)10-16)13-32-36(3)35/h4-11,15,32H,12-13H2,1-3H3,(H,31,34). The first-order valence-corrected chi connectivity index (χ1v) is 12.4. The van der Waals surface area contributed by atoms with Crippen molar-refractivity contribution < 1.29 is 31.0 Å². The Bertz CT molecular complexity index is 1300. The van der Waals surface area contributed by atoms with Gasteiger partial charge in [-0.25, -0.2) is 22.7 Å².